The van der Waals surface area contributed by atoms with E-state index < -0.39 is 25.0 Å². The summed E-state index contributed by atoms with van der Waals surface area (Å²) in [6, 6.07) is 0. The molecule has 0 aromatic carbocycles. The highest BCUT2D eigenvalue weighted by Crippen LogP contribution is 2.17. The predicted octanol–water partition coefficient (Wildman–Crippen LogP) is 0.763. The Hall–Kier alpha value is -1.57. The second-order valence-corrected chi connectivity index (χ2v) is 3.33. The first-order chi connectivity index (χ1) is 7.85. The number of nitrogens with one attached hydrogen (secondary N) is 1. The maximum Gasteiger partial charge on any atom is 0.401 e. The molecule has 0 aliphatic heterocycles. The standard InChI is InChI=1S/C9H12F3N3O2/c1-15-8(7(17-2)4-14-15)6(16)3-13-5-9(10,11)12/h4,13H,3,5H2,1-2H3. The van der Waals surface area contributed by atoms with Crippen molar-refractivity contribution < 1.29 is 22.7 Å². The quantitative estimate of drug-likeness (QED) is 0.785. The molecule has 5 nitrogen and oxygen atoms in total. The molecule has 0 spiro atoms. The normalized spacial score (nSPS) is 11.6. The number of ether oxygens (including phenoxy) is 1. The van der Waals surface area contributed by atoms with E-state index in [4.69, 9.17) is 4.74 Å². The average Bonchev–Trinajstić information content (AvgIpc) is 2.57. The predicted molar refractivity (Wildman–Crippen MR) is 53.0 cm³/mol. The number of carbonyl (C=O) groups is 1. The third-order valence-electron chi connectivity index (χ3n) is 2.00. The number of hydrogen-bond acceptors (Lipinski definition) is 4. The summed E-state index contributed by atoms with van der Waals surface area (Å²) in [6.07, 6.45) is -3.01. The van der Waals surface area contributed by atoms with E-state index in [9.17, 15) is 18.0 Å². The minimum Gasteiger partial charge on any atom is -0.493 e. The van der Waals surface area contributed by atoms with Crippen molar-refractivity contribution in [1.29, 1.82) is 0 Å². The lowest BCUT2D eigenvalue weighted by Crippen LogP contribution is -2.33. The van der Waals surface area contributed by atoms with Crippen LogP contribution < -0.4 is 10.1 Å². The number of hydrogen-bond donors (Lipinski definition) is 1. The molecule has 17 heavy (non-hydrogen) atoms. The molecule has 0 aliphatic rings. The molecule has 0 bridgehead atoms. The number of aromatic nitrogens is 2. The molecule has 1 rings (SSSR count). The molecular formula is C9H12F3N3O2. The van der Waals surface area contributed by atoms with Gasteiger partial charge in [-0.1, -0.05) is 0 Å². The summed E-state index contributed by atoms with van der Waals surface area (Å²) < 4.78 is 41.7. The van der Waals surface area contributed by atoms with E-state index in [1.165, 1.54) is 25.0 Å². The van der Waals surface area contributed by atoms with Crippen LogP contribution in [0.25, 0.3) is 0 Å². The Bertz CT molecular complexity index is 401. The lowest BCUT2D eigenvalue weighted by molar-refractivity contribution is -0.124. The molecule has 8 heteroatoms. The van der Waals surface area contributed by atoms with E-state index in [0.717, 1.165) is 0 Å². The number of ketones is 1. The summed E-state index contributed by atoms with van der Waals surface area (Å²) in [6.45, 7) is -1.63. The van der Waals surface area contributed by atoms with Gasteiger partial charge in [0, 0.05) is 7.05 Å². The Morgan fingerprint density at radius 1 is 1.59 bits per heavy atom. The van der Waals surface area contributed by atoms with Crippen LogP contribution in [-0.2, 0) is 7.05 Å². The van der Waals surface area contributed by atoms with Crippen LogP contribution in [0.5, 0.6) is 5.75 Å². The molecule has 1 aromatic rings. The Morgan fingerprint density at radius 3 is 2.76 bits per heavy atom. The lowest BCUT2D eigenvalue weighted by atomic mass is 10.2. The minimum atomic E-state index is -4.34. The SMILES string of the molecule is COc1cnn(C)c1C(=O)CNCC(F)(F)F. The van der Waals surface area contributed by atoms with Crippen LogP contribution >= 0.6 is 0 Å². The summed E-state index contributed by atoms with van der Waals surface area (Å²) in [5.41, 5.74) is 0.141. The van der Waals surface area contributed by atoms with Gasteiger partial charge < -0.3 is 10.1 Å². The Labute approximate surface area is 95.5 Å². The zero-order valence-corrected chi connectivity index (χ0v) is 9.34. The van der Waals surface area contributed by atoms with Crippen molar-refractivity contribution in [2.24, 2.45) is 7.05 Å². The smallest absolute Gasteiger partial charge is 0.401 e. The van der Waals surface area contributed by atoms with E-state index in [-0.39, 0.29) is 11.4 Å². The maximum absolute atomic E-state index is 11.9. The molecule has 1 aromatic heterocycles. The van der Waals surface area contributed by atoms with Gasteiger partial charge in [0.15, 0.2) is 11.5 Å². The van der Waals surface area contributed by atoms with Crippen LogP contribution in [0.15, 0.2) is 6.20 Å². The highest BCUT2D eigenvalue weighted by atomic mass is 19.4. The van der Waals surface area contributed by atoms with Gasteiger partial charge in [-0.2, -0.15) is 18.3 Å². The summed E-state index contributed by atoms with van der Waals surface area (Å²) in [5.74, 6) is -0.266. The topological polar surface area (TPSA) is 56.2 Å². The molecule has 0 amide bonds. The van der Waals surface area contributed by atoms with Crippen molar-refractivity contribution in [3.63, 3.8) is 0 Å². The minimum absolute atomic E-state index is 0.141. The summed E-state index contributed by atoms with van der Waals surface area (Å²) >= 11 is 0. The number of aryl methyl sites for hydroxylation is 1. The van der Waals surface area contributed by atoms with E-state index in [2.05, 4.69) is 5.10 Å². The highest BCUT2D eigenvalue weighted by molar-refractivity contribution is 5.98. The molecule has 0 unspecified atom stereocenters. The molecular weight excluding hydrogens is 239 g/mol. The molecule has 0 aliphatic carbocycles. The van der Waals surface area contributed by atoms with Gasteiger partial charge >= 0.3 is 6.18 Å². The van der Waals surface area contributed by atoms with Crippen molar-refractivity contribution in [2.75, 3.05) is 20.2 Å². The maximum atomic E-state index is 11.9. The number of halogens is 3. The van der Waals surface area contributed by atoms with Gasteiger partial charge in [0.2, 0.25) is 0 Å². The first kappa shape index (κ1) is 13.5. The average molecular weight is 251 g/mol. The van der Waals surface area contributed by atoms with Gasteiger partial charge in [0.25, 0.3) is 0 Å². The fourth-order valence-corrected chi connectivity index (χ4v) is 1.29. The molecule has 0 radical (unpaired) electrons. The number of Topliss-reactive ketones (excluding diaryl/α,β-unsaturated/α-hetero) is 1. The number of carbonyl (C=O) groups excluding carboxylic acids is 1. The molecule has 0 fully saturated rings. The van der Waals surface area contributed by atoms with Gasteiger partial charge in [-0.15, -0.1) is 0 Å². The number of rotatable bonds is 5. The first-order valence-electron chi connectivity index (χ1n) is 4.72. The van der Waals surface area contributed by atoms with Crippen LogP contribution in [0.2, 0.25) is 0 Å². The molecule has 0 saturated carbocycles. The van der Waals surface area contributed by atoms with Crippen LogP contribution in [0, 0.1) is 0 Å². The summed E-state index contributed by atoms with van der Waals surface area (Å²) in [5, 5.41) is 5.81. The fraction of sp³-hybridized carbons (Fsp3) is 0.556. The molecule has 1 heterocycles. The monoisotopic (exact) mass is 251 g/mol. The third-order valence-corrected chi connectivity index (χ3v) is 2.00. The van der Waals surface area contributed by atoms with Crippen molar-refractivity contribution in [1.82, 2.24) is 15.1 Å². The van der Waals surface area contributed by atoms with Gasteiger partial charge in [-0.3, -0.25) is 9.48 Å². The number of alkyl halides is 3. The van der Waals surface area contributed by atoms with Crippen LogP contribution in [0.4, 0.5) is 13.2 Å². The Morgan fingerprint density at radius 2 is 2.24 bits per heavy atom. The number of nitrogens with zero attached hydrogens (tertiary/aromatic N) is 2. The second kappa shape index (κ2) is 5.17. The van der Waals surface area contributed by atoms with Gasteiger partial charge in [0.1, 0.15) is 5.69 Å². The number of methoxy groups -OCH3 is 1. The van der Waals surface area contributed by atoms with E-state index in [0.29, 0.717) is 0 Å². The van der Waals surface area contributed by atoms with E-state index in [1.807, 2.05) is 5.32 Å². The van der Waals surface area contributed by atoms with Gasteiger partial charge in [-0.05, 0) is 0 Å². The third kappa shape index (κ3) is 3.74. The van der Waals surface area contributed by atoms with Crippen molar-refractivity contribution in [3.05, 3.63) is 11.9 Å². The Balaban J connectivity index is 2.61. The fourth-order valence-electron chi connectivity index (χ4n) is 1.29. The lowest BCUT2D eigenvalue weighted by Gasteiger charge is -2.08. The molecule has 0 saturated heterocycles. The zero-order chi connectivity index (χ0) is 13.1. The largest absolute Gasteiger partial charge is 0.493 e. The molecule has 96 valence electrons. The van der Waals surface area contributed by atoms with Crippen LogP contribution in [0.3, 0.4) is 0 Å². The molecule has 1 N–H and O–H groups in total. The van der Waals surface area contributed by atoms with Crippen molar-refractivity contribution >= 4 is 5.78 Å². The highest BCUT2D eigenvalue weighted by Gasteiger charge is 2.27. The zero-order valence-electron chi connectivity index (χ0n) is 9.34. The first-order valence-corrected chi connectivity index (χ1v) is 4.72. The van der Waals surface area contributed by atoms with Crippen LogP contribution in [-0.4, -0.2) is 41.9 Å². The van der Waals surface area contributed by atoms with E-state index >= 15 is 0 Å². The molecule has 0 atom stereocenters. The van der Waals surface area contributed by atoms with Gasteiger partial charge in [-0.25, -0.2) is 0 Å². The van der Waals surface area contributed by atoms with Gasteiger partial charge in [0.05, 0.1) is 26.4 Å². The van der Waals surface area contributed by atoms with Crippen molar-refractivity contribution in [3.8, 4) is 5.75 Å². The van der Waals surface area contributed by atoms with Crippen molar-refractivity contribution in [2.45, 2.75) is 6.18 Å². The van der Waals surface area contributed by atoms with E-state index in [1.54, 1.807) is 0 Å². The summed E-state index contributed by atoms with van der Waals surface area (Å²) in [7, 11) is 2.87. The second-order valence-electron chi connectivity index (χ2n) is 3.33. The Kier molecular flexibility index (Phi) is 4.11. The van der Waals surface area contributed by atoms with Crippen LogP contribution in [0.1, 0.15) is 10.5 Å². The summed E-state index contributed by atoms with van der Waals surface area (Å²) in [4.78, 5) is 11.6.